The SMILES string of the molecule is O=C(Cc1ccccc1Br)Nc1cc(C2=CCNC=C2)cs1. The first kappa shape index (κ1) is 15.1. The van der Waals surface area contributed by atoms with Crippen LogP contribution in [0.3, 0.4) is 0 Å². The van der Waals surface area contributed by atoms with E-state index in [1.54, 1.807) is 11.3 Å². The van der Waals surface area contributed by atoms with Crippen LogP contribution in [0.2, 0.25) is 0 Å². The number of carbonyl (C=O) groups excluding carboxylic acids is 1. The molecular formula is C17H15BrN2OS. The second-order valence-corrected chi connectivity index (χ2v) is 6.68. The molecule has 1 aliphatic heterocycles. The summed E-state index contributed by atoms with van der Waals surface area (Å²) in [6.07, 6.45) is 6.48. The highest BCUT2D eigenvalue weighted by atomic mass is 79.9. The van der Waals surface area contributed by atoms with Gasteiger partial charge in [0, 0.05) is 16.4 Å². The molecule has 1 aromatic carbocycles. The van der Waals surface area contributed by atoms with Gasteiger partial charge in [-0.2, -0.15) is 0 Å². The first-order chi connectivity index (χ1) is 10.7. The van der Waals surface area contributed by atoms with Crippen LogP contribution in [0.4, 0.5) is 5.00 Å². The van der Waals surface area contributed by atoms with Crippen molar-refractivity contribution < 1.29 is 4.79 Å². The van der Waals surface area contributed by atoms with Crippen LogP contribution in [-0.4, -0.2) is 12.5 Å². The normalized spacial score (nSPS) is 13.4. The number of anilines is 1. The summed E-state index contributed by atoms with van der Waals surface area (Å²) in [6.45, 7) is 0.839. The summed E-state index contributed by atoms with van der Waals surface area (Å²) < 4.78 is 0.960. The van der Waals surface area contributed by atoms with Crippen LogP contribution in [0, 0.1) is 0 Å². The molecule has 0 spiro atoms. The minimum Gasteiger partial charge on any atom is -0.387 e. The molecule has 3 nitrogen and oxygen atoms in total. The molecule has 0 unspecified atom stereocenters. The van der Waals surface area contributed by atoms with Crippen LogP contribution in [0.25, 0.3) is 5.57 Å². The summed E-state index contributed by atoms with van der Waals surface area (Å²) in [7, 11) is 0. The molecule has 0 aliphatic carbocycles. The topological polar surface area (TPSA) is 41.1 Å². The molecule has 3 rings (SSSR count). The Bertz CT molecular complexity index is 749. The highest BCUT2D eigenvalue weighted by Gasteiger charge is 2.09. The summed E-state index contributed by atoms with van der Waals surface area (Å²) in [5, 5.41) is 9.04. The number of nitrogens with one attached hydrogen (secondary N) is 2. The predicted octanol–water partition coefficient (Wildman–Crippen LogP) is 4.19. The lowest BCUT2D eigenvalue weighted by molar-refractivity contribution is -0.115. The Morgan fingerprint density at radius 3 is 3.00 bits per heavy atom. The number of halogens is 1. The lowest BCUT2D eigenvalue weighted by Crippen LogP contribution is -2.13. The Morgan fingerprint density at radius 2 is 2.23 bits per heavy atom. The summed E-state index contributed by atoms with van der Waals surface area (Å²) in [6, 6.07) is 9.80. The molecular weight excluding hydrogens is 360 g/mol. The van der Waals surface area contributed by atoms with Gasteiger partial charge in [0.2, 0.25) is 5.91 Å². The Balaban J connectivity index is 1.65. The van der Waals surface area contributed by atoms with Gasteiger partial charge < -0.3 is 10.6 Å². The van der Waals surface area contributed by atoms with Crippen LogP contribution in [0.5, 0.6) is 0 Å². The highest BCUT2D eigenvalue weighted by molar-refractivity contribution is 9.10. The molecule has 2 N–H and O–H groups in total. The van der Waals surface area contributed by atoms with E-state index in [2.05, 4.69) is 38.0 Å². The van der Waals surface area contributed by atoms with Gasteiger partial charge in [-0.05, 0) is 41.1 Å². The molecule has 1 aromatic heterocycles. The predicted molar refractivity (Wildman–Crippen MR) is 95.9 cm³/mol. The molecule has 1 amide bonds. The summed E-state index contributed by atoms with van der Waals surface area (Å²) in [5.74, 6) is -0.00451. The van der Waals surface area contributed by atoms with Crippen molar-refractivity contribution in [2.75, 3.05) is 11.9 Å². The molecule has 2 heterocycles. The van der Waals surface area contributed by atoms with E-state index < -0.39 is 0 Å². The monoisotopic (exact) mass is 374 g/mol. The molecule has 2 aromatic rings. The van der Waals surface area contributed by atoms with E-state index in [1.165, 1.54) is 5.57 Å². The fraction of sp³-hybridized carbons (Fsp3) is 0.118. The number of hydrogen-bond acceptors (Lipinski definition) is 3. The van der Waals surface area contributed by atoms with Gasteiger partial charge in [-0.25, -0.2) is 0 Å². The molecule has 0 fully saturated rings. The van der Waals surface area contributed by atoms with E-state index in [1.807, 2.05) is 42.6 Å². The third-order valence-electron chi connectivity index (χ3n) is 3.32. The third kappa shape index (κ3) is 3.67. The summed E-state index contributed by atoms with van der Waals surface area (Å²) >= 11 is 5.02. The Labute approximate surface area is 141 Å². The van der Waals surface area contributed by atoms with Crippen LogP contribution in [0.15, 0.2) is 58.5 Å². The largest absolute Gasteiger partial charge is 0.387 e. The van der Waals surface area contributed by atoms with Crippen molar-refractivity contribution in [3.05, 3.63) is 69.7 Å². The van der Waals surface area contributed by atoms with Crippen molar-refractivity contribution in [3.8, 4) is 0 Å². The quantitative estimate of drug-likeness (QED) is 0.841. The molecule has 5 heteroatoms. The van der Waals surface area contributed by atoms with Gasteiger partial charge in [-0.1, -0.05) is 40.2 Å². The van der Waals surface area contributed by atoms with E-state index in [-0.39, 0.29) is 5.91 Å². The van der Waals surface area contributed by atoms with Crippen molar-refractivity contribution in [1.29, 1.82) is 0 Å². The average molecular weight is 375 g/mol. The highest BCUT2D eigenvalue weighted by Crippen LogP contribution is 2.27. The summed E-state index contributed by atoms with van der Waals surface area (Å²) in [4.78, 5) is 12.2. The van der Waals surface area contributed by atoms with E-state index in [4.69, 9.17) is 0 Å². The van der Waals surface area contributed by atoms with Crippen molar-refractivity contribution in [1.82, 2.24) is 5.32 Å². The number of thiophene rings is 1. The molecule has 112 valence electrons. The van der Waals surface area contributed by atoms with Crippen molar-refractivity contribution in [3.63, 3.8) is 0 Å². The van der Waals surface area contributed by atoms with Crippen molar-refractivity contribution >= 4 is 43.7 Å². The lowest BCUT2D eigenvalue weighted by Gasteiger charge is -2.06. The number of dihydropyridines is 1. The fourth-order valence-electron chi connectivity index (χ4n) is 2.22. The standard InChI is InChI=1S/C17H15BrN2OS/c18-15-4-2-1-3-13(15)9-16(21)20-17-10-14(11-22-17)12-5-7-19-8-6-12/h1-7,10-11,19H,8-9H2,(H,20,21). The van der Waals surface area contributed by atoms with Crippen molar-refractivity contribution in [2.24, 2.45) is 0 Å². The van der Waals surface area contributed by atoms with Gasteiger partial charge >= 0.3 is 0 Å². The van der Waals surface area contributed by atoms with E-state index in [9.17, 15) is 4.79 Å². The fourth-order valence-corrected chi connectivity index (χ4v) is 3.47. The minimum atomic E-state index is -0.00451. The Kier molecular flexibility index (Phi) is 4.75. The van der Waals surface area contributed by atoms with E-state index in [0.717, 1.165) is 27.1 Å². The number of amides is 1. The molecule has 0 atom stereocenters. The first-order valence-corrected chi connectivity index (χ1v) is 8.62. The molecule has 0 bridgehead atoms. The van der Waals surface area contributed by atoms with Gasteiger partial charge in [-0.3, -0.25) is 4.79 Å². The van der Waals surface area contributed by atoms with Crippen molar-refractivity contribution in [2.45, 2.75) is 6.42 Å². The molecule has 0 radical (unpaired) electrons. The van der Waals surface area contributed by atoms with Gasteiger partial charge in [-0.15, -0.1) is 11.3 Å². The maximum Gasteiger partial charge on any atom is 0.229 e. The van der Waals surface area contributed by atoms with Gasteiger partial charge in [0.25, 0.3) is 0 Å². The van der Waals surface area contributed by atoms with E-state index in [0.29, 0.717) is 6.42 Å². The Morgan fingerprint density at radius 1 is 1.36 bits per heavy atom. The molecule has 22 heavy (non-hydrogen) atoms. The maximum absolute atomic E-state index is 12.2. The van der Waals surface area contributed by atoms with Crippen LogP contribution < -0.4 is 10.6 Å². The van der Waals surface area contributed by atoms with Crippen LogP contribution in [-0.2, 0) is 11.2 Å². The van der Waals surface area contributed by atoms with Gasteiger partial charge in [0.1, 0.15) is 0 Å². The zero-order valence-electron chi connectivity index (χ0n) is 11.8. The Hall–Kier alpha value is -1.85. The number of carbonyl (C=O) groups is 1. The zero-order valence-corrected chi connectivity index (χ0v) is 14.2. The van der Waals surface area contributed by atoms with Gasteiger partial charge in [0.05, 0.1) is 11.4 Å². The van der Waals surface area contributed by atoms with Gasteiger partial charge in [0.15, 0.2) is 0 Å². The van der Waals surface area contributed by atoms with Crippen LogP contribution in [0.1, 0.15) is 11.1 Å². The zero-order chi connectivity index (χ0) is 15.4. The molecule has 1 aliphatic rings. The smallest absolute Gasteiger partial charge is 0.229 e. The second kappa shape index (κ2) is 6.94. The average Bonchev–Trinajstić information content (AvgIpc) is 2.99. The van der Waals surface area contributed by atoms with E-state index >= 15 is 0 Å². The number of hydrogen-bond donors (Lipinski definition) is 2. The number of benzene rings is 1. The maximum atomic E-state index is 12.2. The molecule has 0 saturated carbocycles. The first-order valence-electron chi connectivity index (χ1n) is 6.94. The number of allylic oxidation sites excluding steroid dienone is 2. The number of rotatable bonds is 4. The third-order valence-corrected chi connectivity index (χ3v) is 4.94. The second-order valence-electron chi connectivity index (χ2n) is 4.92. The lowest BCUT2D eigenvalue weighted by atomic mass is 10.1. The molecule has 0 saturated heterocycles. The van der Waals surface area contributed by atoms with Crippen LogP contribution >= 0.6 is 27.3 Å². The minimum absolute atomic E-state index is 0.00451. The summed E-state index contributed by atoms with van der Waals surface area (Å²) in [5.41, 5.74) is 3.31.